The van der Waals surface area contributed by atoms with Gasteiger partial charge >= 0.3 is 6.03 Å². The fourth-order valence-electron chi connectivity index (χ4n) is 3.60. The average molecular weight is 345 g/mol. The van der Waals surface area contributed by atoms with Crippen LogP contribution >= 0.6 is 0 Å². The first-order valence-corrected chi connectivity index (χ1v) is 9.04. The van der Waals surface area contributed by atoms with E-state index in [2.05, 4.69) is 20.8 Å². The van der Waals surface area contributed by atoms with Gasteiger partial charge in [-0.3, -0.25) is 4.40 Å². The summed E-state index contributed by atoms with van der Waals surface area (Å²) in [6.45, 7) is 3.93. The van der Waals surface area contributed by atoms with Crippen molar-refractivity contribution in [2.45, 2.75) is 57.6 Å². The van der Waals surface area contributed by atoms with Crippen LogP contribution in [-0.2, 0) is 0 Å². The predicted octanol–water partition coefficient (Wildman–Crippen LogP) is 2.42. The fraction of sp³-hybridized carbons (Fsp3) is 0.611. The molecule has 2 heterocycles. The molecule has 136 valence electrons. The molecule has 1 aliphatic rings. The highest BCUT2D eigenvalue weighted by molar-refractivity contribution is 5.74. The predicted molar refractivity (Wildman–Crippen MR) is 95.1 cm³/mol. The second-order valence-corrected chi connectivity index (χ2v) is 7.23. The van der Waals surface area contributed by atoms with Crippen LogP contribution in [0.4, 0.5) is 4.79 Å². The molecule has 2 aromatic rings. The Kier molecular flexibility index (Phi) is 5.22. The lowest BCUT2D eigenvalue weighted by Gasteiger charge is -2.35. The van der Waals surface area contributed by atoms with Crippen molar-refractivity contribution in [1.29, 1.82) is 0 Å². The first-order valence-electron chi connectivity index (χ1n) is 9.04. The molecule has 2 amide bonds. The van der Waals surface area contributed by atoms with E-state index in [1.165, 1.54) is 6.42 Å². The molecule has 0 saturated heterocycles. The van der Waals surface area contributed by atoms with Gasteiger partial charge in [0.15, 0.2) is 11.5 Å². The molecule has 25 heavy (non-hydrogen) atoms. The highest BCUT2D eigenvalue weighted by Gasteiger charge is 2.33. The van der Waals surface area contributed by atoms with Gasteiger partial charge in [-0.1, -0.05) is 25.3 Å². The van der Waals surface area contributed by atoms with Crippen molar-refractivity contribution < 1.29 is 9.90 Å². The number of rotatable bonds is 5. The van der Waals surface area contributed by atoms with Gasteiger partial charge in [-0.05, 0) is 44.7 Å². The first-order chi connectivity index (χ1) is 12.0. The van der Waals surface area contributed by atoms with Crippen molar-refractivity contribution in [3.05, 3.63) is 30.2 Å². The molecule has 3 N–H and O–H groups in total. The Hall–Kier alpha value is -2.15. The number of aliphatic hydroxyl groups is 1. The molecule has 3 rings (SSSR count). The Morgan fingerprint density at radius 1 is 1.36 bits per heavy atom. The van der Waals surface area contributed by atoms with Crippen molar-refractivity contribution in [2.24, 2.45) is 5.92 Å². The van der Waals surface area contributed by atoms with Crippen LogP contribution in [0.25, 0.3) is 5.65 Å². The molecule has 0 aromatic carbocycles. The summed E-state index contributed by atoms with van der Waals surface area (Å²) in [5.74, 6) is 0.921. The number of carbonyl (C=O) groups excluding carboxylic acids is 1. The van der Waals surface area contributed by atoms with E-state index >= 15 is 0 Å². The van der Waals surface area contributed by atoms with Crippen molar-refractivity contribution in [2.75, 3.05) is 6.54 Å². The van der Waals surface area contributed by atoms with Gasteiger partial charge in [0.2, 0.25) is 0 Å². The molecule has 2 aromatic heterocycles. The van der Waals surface area contributed by atoms with Crippen molar-refractivity contribution in [3.8, 4) is 0 Å². The molecular formula is C18H27N5O2. The lowest BCUT2D eigenvalue weighted by Crippen LogP contribution is -2.49. The number of hydrogen-bond donors (Lipinski definition) is 3. The largest absolute Gasteiger partial charge is 0.388 e. The van der Waals surface area contributed by atoms with Crippen LogP contribution in [0.2, 0.25) is 0 Å². The number of fused-ring (bicyclic) bond motifs is 1. The fourth-order valence-corrected chi connectivity index (χ4v) is 3.60. The van der Waals surface area contributed by atoms with Gasteiger partial charge < -0.3 is 15.7 Å². The zero-order valence-corrected chi connectivity index (χ0v) is 14.9. The van der Waals surface area contributed by atoms with Gasteiger partial charge in [0.1, 0.15) is 0 Å². The van der Waals surface area contributed by atoms with E-state index in [0.717, 1.165) is 31.3 Å². The smallest absolute Gasteiger partial charge is 0.315 e. The molecule has 0 bridgehead atoms. The van der Waals surface area contributed by atoms with Gasteiger partial charge in [-0.25, -0.2) is 4.79 Å². The van der Waals surface area contributed by atoms with Crippen LogP contribution in [0.15, 0.2) is 24.4 Å². The van der Waals surface area contributed by atoms with E-state index in [4.69, 9.17) is 0 Å². The molecule has 7 nitrogen and oxygen atoms in total. The summed E-state index contributed by atoms with van der Waals surface area (Å²) >= 11 is 0. The van der Waals surface area contributed by atoms with E-state index in [1.54, 1.807) is 0 Å². The summed E-state index contributed by atoms with van der Waals surface area (Å²) in [7, 11) is 0. The summed E-state index contributed by atoms with van der Waals surface area (Å²) in [6, 6.07) is 5.05. The van der Waals surface area contributed by atoms with Gasteiger partial charge in [0.05, 0.1) is 11.6 Å². The van der Waals surface area contributed by atoms with Crippen LogP contribution in [0, 0.1) is 5.92 Å². The van der Waals surface area contributed by atoms with Gasteiger partial charge in [-0.2, -0.15) is 0 Å². The van der Waals surface area contributed by atoms with Gasteiger partial charge in [-0.15, -0.1) is 10.2 Å². The summed E-state index contributed by atoms with van der Waals surface area (Å²) in [4.78, 5) is 12.2. The molecule has 0 radical (unpaired) electrons. The maximum absolute atomic E-state index is 12.2. The molecule has 7 heteroatoms. The number of amides is 2. The third-order valence-corrected chi connectivity index (χ3v) is 5.17. The number of nitrogens with zero attached hydrogens (tertiary/aromatic N) is 3. The third kappa shape index (κ3) is 4.10. The zero-order valence-electron chi connectivity index (χ0n) is 14.9. The Morgan fingerprint density at radius 2 is 2.12 bits per heavy atom. The maximum atomic E-state index is 12.2. The van der Waals surface area contributed by atoms with E-state index < -0.39 is 5.60 Å². The van der Waals surface area contributed by atoms with E-state index in [1.807, 2.05) is 42.6 Å². The summed E-state index contributed by atoms with van der Waals surface area (Å²) < 4.78 is 1.85. The van der Waals surface area contributed by atoms with Crippen LogP contribution in [0.1, 0.15) is 57.8 Å². The van der Waals surface area contributed by atoms with E-state index in [9.17, 15) is 9.90 Å². The average Bonchev–Trinajstić information content (AvgIpc) is 3.05. The quantitative estimate of drug-likeness (QED) is 0.776. The number of aromatic nitrogens is 3. The van der Waals surface area contributed by atoms with Crippen LogP contribution < -0.4 is 10.6 Å². The molecule has 1 saturated carbocycles. The normalized spacial score (nSPS) is 19.3. The number of pyridine rings is 1. The van der Waals surface area contributed by atoms with Crippen LogP contribution in [0.3, 0.4) is 0 Å². The molecule has 0 aliphatic heterocycles. The molecule has 1 fully saturated rings. The second kappa shape index (κ2) is 7.39. The Bertz CT molecular complexity index is 721. The van der Waals surface area contributed by atoms with Crippen LogP contribution in [-0.4, -0.2) is 37.9 Å². The zero-order chi connectivity index (χ0) is 17.9. The number of carbonyl (C=O) groups is 1. The van der Waals surface area contributed by atoms with Crippen LogP contribution in [0.5, 0.6) is 0 Å². The summed E-state index contributed by atoms with van der Waals surface area (Å²) in [5, 5.41) is 24.6. The monoisotopic (exact) mass is 345 g/mol. The van der Waals surface area contributed by atoms with Crippen molar-refractivity contribution >= 4 is 11.7 Å². The van der Waals surface area contributed by atoms with Crippen molar-refractivity contribution in [1.82, 2.24) is 25.2 Å². The molecule has 1 aliphatic carbocycles. The number of nitrogens with one attached hydrogen (secondary N) is 2. The maximum Gasteiger partial charge on any atom is 0.315 e. The first kappa shape index (κ1) is 17.7. The highest BCUT2D eigenvalue weighted by atomic mass is 16.3. The summed E-state index contributed by atoms with van der Waals surface area (Å²) in [6.07, 6.45) is 7.48. The lowest BCUT2D eigenvalue weighted by molar-refractivity contribution is -0.0131. The van der Waals surface area contributed by atoms with E-state index in [-0.39, 0.29) is 24.5 Å². The number of urea groups is 1. The van der Waals surface area contributed by atoms with Gasteiger partial charge in [0.25, 0.3) is 0 Å². The Balaban J connectivity index is 1.55. The van der Waals surface area contributed by atoms with Gasteiger partial charge in [0, 0.05) is 12.7 Å². The molecule has 0 spiro atoms. The summed E-state index contributed by atoms with van der Waals surface area (Å²) in [5.41, 5.74) is -0.130. The number of hydrogen-bond acceptors (Lipinski definition) is 4. The minimum atomic E-state index is -0.872. The minimum Gasteiger partial charge on any atom is -0.388 e. The lowest BCUT2D eigenvalue weighted by atomic mass is 9.78. The topological polar surface area (TPSA) is 91.5 Å². The molecule has 0 unspecified atom stereocenters. The highest BCUT2D eigenvalue weighted by Crippen LogP contribution is 2.32. The third-order valence-electron chi connectivity index (χ3n) is 5.17. The SMILES string of the molecule is C[C@H](NC(=O)NC[C@](C)(O)C1CCCCC1)c1nnc2ccccn12. The minimum absolute atomic E-state index is 0.247. The Morgan fingerprint density at radius 3 is 2.88 bits per heavy atom. The Labute approximate surface area is 147 Å². The van der Waals surface area contributed by atoms with Crippen molar-refractivity contribution in [3.63, 3.8) is 0 Å². The standard InChI is InChI=1S/C18H27N5O2/c1-13(16-22-21-15-10-6-7-11-23(15)16)20-17(24)19-12-18(2,25)14-8-4-3-5-9-14/h6-7,10-11,13-14,25H,3-5,8-9,12H2,1-2H3,(H2,19,20,24)/t13-,18-/m0/s1. The molecule has 2 atom stereocenters. The molecular weight excluding hydrogens is 318 g/mol. The van der Waals surface area contributed by atoms with E-state index in [0.29, 0.717) is 5.82 Å². The second-order valence-electron chi connectivity index (χ2n) is 7.23.